The Morgan fingerprint density at radius 3 is 2.41 bits per heavy atom. The third-order valence-corrected chi connectivity index (χ3v) is 9.30. The standard InChI is InChI=1S/C34H36N4O3/c1-9-19-15(4)22-12-24-17(6)21(11-3)31(37-24)29-30(34(40)41-8)33(39)28-18(7)25(38-32(28)29)14-27-20(10-2)16(5)23(36-27)13-26(19)35-22/h9,12-14,17,21,30,37,39H,1,10-11H2,2-8H3/t17-,21-,30+/m0/s1. The molecule has 1 aliphatic carbocycles. The van der Waals surface area contributed by atoms with E-state index < -0.39 is 11.9 Å². The summed E-state index contributed by atoms with van der Waals surface area (Å²) in [4.78, 5) is 28.3. The van der Waals surface area contributed by atoms with E-state index in [1.54, 1.807) is 0 Å². The summed E-state index contributed by atoms with van der Waals surface area (Å²) in [5, 5.41) is 15.2. The molecule has 3 atom stereocenters. The zero-order valence-corrected chi connectivity index (χ0v) is 24.8. The number of nitrogens with one attached hydrogen (secondary N) is 1. The van der Waals surface area contributed by atoms with Gasteiger partial charge in [0, 0.05) is 39.9 Å². The molecule has 5 heterocycles. The molecule has 5 aliphatic heterocycles. The molecule has 41 heavy (non-hydrogen) atoms. The number of hydrogen-bond donors (Lipinski definition) is 2. The fraction of sp³-hybridized carbons (Fsp3) is 0.353. The van der Waals surface area contributed by atoms with Gasteiger partial charge in [-0.1, -0.05) is 33.4 Å². The Morgan fingerprint density at radius 2 is 1.76 bits per heavy atom. The van der Waals surface area contributed by atoms with Crippen LogP contribution in [-0.2, 0) is 9.53 Å². The topological polar surface area (TPSA) is 95.6 Å². The molecule has 0 saturated carbocycles. The summed E-state index contributed by atoms with van der Waals surface area (Å²) in [6.07, 6.45) is 9.69. The summed E-state index contributed by atoms with van der Waals surface area (Å²) >= 11 is 0. The monoisotopic (exact) mass is 548 g/mol. The van der Waals surface area contributed by atoms with Gasteiger partial charge in [-0.25, -0.2) is 15.0 Å². The van der Waals surface area contributed by atoms with Gasteiger partial charge in [0.25, 0.3) is 0 Å². The molecule has 0 aromatic rings. The van der Waals surface area contributed by atoms with E-state index in [2.05, 4.69) is 58.7 Å². The van der Waals surface area contributed by atoms with Crippen LogP contribution in [0, 0.1) is 17.8 Å². The molecule has 7 nitrogen and oxygen atoms in total. The van der Waals surface area contributed by atoms with Crippen molar-refractivity contribution in [1.29, 1.82) is 0 Å². The van der Waals surface area contributed by atoms with Crippen LogP contribution in [0.1, 0.15) is 54.4 Å². The van der Waals surface area contributed by atoms with Gasteiger partial charge in [-0.3, -0.25) is 4.79 Å². The molecule has 0 unspecified atom stereocenters. The molecule has 0 aromatic carbocycles. The molecule has 210 valence electrons. The number of rotatable bonds is 4. The lowest BCUT2D eigenvalue weighted by atomic mass is 9.85. The van der Waals surface area contributed by atoms with Crippen molar-refractivity contribution in [2.45, 2.75) is 54.4 Å². The van der Waals surface area contributed by atoms with Crippen molar-refractivity contribution < 1.29 is 14.6 Å². The number of aliphatic hydroxyl groups is 1. The summed E-state index contributed by atoms with van der Waals surface area (Å²) in [6.45, 7) is 16.7. The third-order valence-electron chi connectivity index (χ3n) is 9.30. The molecule has 6 rings (SSSR count). The number of carbonyl (C=O) groups is 1. The van der Waals surface area contributed by atoms with E-state index in [4.69, 9.17) is 19.7 Å². The summed E-state index contributed by atoms with van der Waals surface area (Å²) in [6, 6.07) is 0. The highest BCUT2D eigenvalue weighted by Crippen LogP contribution is 2.48. The normalized spacial score (nSPS) is 26.8. The van der Waals surface area contributed by atoms with Gasteiger partial charge in [0.2, 0.25) is 0 Å². The molecule has 0 spiro atoms. The summed E-state index contributed by atoms with van der Waals surface area (Å²) in [5.41, 5.74) is 13.2. The van der Waals surface area contributed by atoms with Crippen LogP contribution in [0.3, 0.4) is 0 Å². The van der Waals surface area contributed by atoms with Crippen molar-refractivity contribution in [3.63, 3.8) is 0 Å². The highest BCUT2D eigenvalue weighted by atomic mass is 16.5. The second kappa shape index (κ2) is 9.68. The molecular formula is C34H36N4O3. The van der Waals surface area contributed by atoms with Crippen molar-refractivity contribution in [3.8, 4) is 0 Å². The molecule has 6 aliphatic rings. The molecule has 1 saturated heterocycles. The molecular weight excluding hydrogens is 512 g/mol. The van der Waals surface area contributed by atoms with Crippen molar-refractivity contribution in [3.05, 3.63) is 104 Å². The highest BCUT2D eigenvalue weighted by Gasteiger charge is 2.48. The SMILES string of the molecule is C=CC1=C(C)C2=NC1=CC1=NC(=CC3=C(C)C4=C(O)[C@H](C(=O)OC)C(=C5NC(=C2)[C@@H](C)[C@@H]5CC)C4=N3)C(CC)=C1C. The predicted molar refractivity (Wildman–Crippen MR) is 163 cm³/mol. The van der Waals surface area contributed by atoms with Crippen LogP contribution in [0.15, 0.2) is 119 Å². The van der Waals surface area contributed by atoms with Crippen LogP contribution in [0.25, 0.3) is 0 Å². The van der Waals surface area contributed by atoms with Crippen LogP contribution < -0.4 is 5.32 Å². The van der Waals surface area contributed by atoms with Gasteiger partial charge in [0.1, 0.15) is 11.7 Å². The Labute approximate surface area is 241 Å². The quantitative estimate of drug-likeness (QED) is 0.384. The molecule has 0 amide bonds. The Morgan fingerprint density at radius 1 is 1.05 bits per heavy atom. The fourth-order valence-corrected chi connectivity index (χ4v) is 6.94. The Bertz CT molecular complexity index is 1690. The predicted octanol–water partition coefficient (Wildman–Crippen LogP) is 6.65. The molecule has 7 heteroatoms. The second-order valence-electron chi connectivity index (χ2n) is 11.3. The van der Waals surface area contributed by atoms with Crippen LogP contribution in [0.4, 0.5) is 0 Å². The zero-order valence-electron chi connectivity index (χ0n) is 24.8. The van der Waals surface area contributed by atoms with Crippen LogP contribution in [-0.4, -0.2) is 35.3 Å². The van der Waals surface area contributed by atoms with Crippen molar-refractivity contribution in [1.82, 2.24) is 5.32 Å². The van der Waals surface area contributed by atoms with E-state index in [1.807, 2.05) is 19.1 Å². The summed E-state index contributed by atoms with van der Waals surface area (Å²) in [7, 11) is 1.36. The van der Waals surface area contributed by atoms with Crippen molar-refractivity contribution >= 4 is 23.1 Å². The summed E-state index contributed by atoms with van der Waals surface area (Å²) < 4.78 is 5.20. The minimum atomic E-state index is -0.934. The van der Waals surface area contributed by atoms with Gasteiger partial charge in [-0.2, -0.15) is 0 Å². The first-order valence-corrected chi connectivity index (χ1v) is 14.3. The Kier molecular flexibility index (Phi) is 6.36. The van der Waals surface area contributed by atoms with E-state index >= 15 is 0 Å². The van der Waals surface area contributed by atoms with Gasteiger partial charge in [-0.15, -0.1) is 0 Å². The van der Waals surface area contributed by atoms with Gasteiger partial charge >= 0.3 is 5.97 Å². The lowest BCUT2D eigenvalue weighted by Crippen LogP contribution is -2.24. The molecule has 0 radical (unpaired) electrons. The fourth-order valence-electron chi connectivity index (χ4n) is 6.94. The van der Waals surface area contributed by atoms with Crippen molar-refractivity contribution in [2.24, 2.45) is 32.7 Å². The lowest BCUT2D eigenvalue weighted by Gasteiger charge is -2.19. The maximum Gasteiger partial charge on any atom is 0.321 e. The van der Waals surface area contributed by atoms with E-state index in [0.29, 0.717) is 16.9 Å². The van der Waals surface area contributed by atoms with Crippen LogP contribution in [0.5, 0.6) is 0 Å². The third kappa shape index (κ3) is 3.78. The number of nitrogens with zero attached hydrogens (tertiary/aromatic N) is 3. The van der Waals surface area contributed by atoms with Gasteiger partial charge < -0.3 is 15.2 Å². The van der Waals surface area contributed by atoms with Gasteiger partial charge in [0.15, 0.2) is 0 Å². The summed E-state index contributed by atoms with van der Waals surface area (Å²) in [5.74, 6) is -1.22. The van der Waals surface area contributed by atoms with E-state index in [1.165, 1.54) is 7.11 Å². The average molecular weight is 549 g/mol. The minimum Gasteiger partial charge on any atom is -0.510 e. The van der Waals surface area contributed by atoms with Crippen LogP contribution in [0.2, 0.25) is 0 Å². The number of carbonyl (C=O) groups excluding carboxylic acids is 1. The largest absolute Gasteiger partial charge is 0.510 e. The molecule has 1 fully saturated rings. The Balaban J connectivity index is 1.69. The zero-order chi connectivity index (χ0) is 29.3. The van der Waals surface area contributed by atoms with E-state index in [0.717, 1.165) is 80.6 Å². The lowest BCUT2D eigenvalue weighted by molar-refractivity contribution is -0.143. The maximum atomic E-state index is 13.2. The first-order chi connectivity index (χ1) is 19.6. The van der Waals surface area contributed by atoms with Crippen LogP contribution >= 0.6 is 0 Å². The van der Waals surface area contributed by atoms with Gasteiger partial charge in [0.05, 0.1) is 41.3 Å². The van der Waals surface area contributed by atoms with Gasteiger partial charge in [-0.05, 0) is 74.1 Å². The van der Waals surface area contributed by atoms with Crippen molar-refractivity contribution in [2.75, 3.05) is 7.11 Å². The first kappa shape index (κ1) is 26.9. The number of ether oxygens (including phenoxy) is 1. The van der Waals surface area contributed by atoms with E-state index in [9.17, 15) is 9.90 Å². The number of methoxy groups -OCH3 is 1. The smallest absolute Gasteiger partial charge is 0.321 e. The molecule has 2 N–H and O–H groups in total. The number of aliphatic hydroxyl groups excluding tert-OH is 1. The Hall–Kier alpha value is -4.26. The number of esters is 1. The van der Waals surface area contributed by atoms with E-state index in [-0.39, 0.29) is 17.6 Å². The first-order valence-electron chi connectivity index (χ1n) is 14.3. The number of allylic oxidation sites excluding steroid dienone is 11. The second-order valence-corrected chi connectivity index (χ2v) is 11.3. The number of aliphatic imine (C=N–C) groups is 3. The number of hydrogen-bond acceptors (Lipinski definition) is 7. The number of fused-ring (bicyclic) bond motifs is 5. The molecule has 0 aromatic heterocycles. The minimum absolute atomic E-state index is 0.00736. The molecule has 8 bridgehead atoms. The maximum absolute atomic E-state index is 13.2. The highest BCUT2D eigenvalue weighted by molar-refractivity contribution is 6.24. The average Bonchev–Trinajstić information content (AvgIpc) is 3.69.